The summed E-state index contributed by atoms with van der Waals surface area (Å²) in [7, 11) is -2.00. The summed E-state index contributed by atoms with van der Waals surface area (Å²) in [4.78, 5) is 24.6. The van der Waals surface area contributed by atoms with E-state index in [1.807, 2.05) is 0 Å². The predicted octanol–water partition coefficient (Wildman–Crippen LogP) is 4.09. The maximum Gasteiger partial charge on any atom is 0.307 e. The summed E-state index contributed by atoms with van der Waals surface area (Å²) in [5.41, 5.74) is 1.73. The van der Waals surface area contributed by atoms with Gasteiger partial charge in [-0.25, -0.2) is 12.7 Å². The first kappa shape index (κ1) is 23.3. The molecule has 1 fully saturated rings. The van der Waals surface area contributed by atoms with Crippen molar-refractivity contribution in [1.29, 1.82) is 0 Å². The van der Waals surface area contributed by atoms with Crippen LogP contribution in [0.15, 0.2) is 41.2 Å². The molecule has 3 aromatic rings. The molecule has 0 spiro atoms. The molecular weight excluding hydrogens is 493 g/mol. The number of aryl methyl sites for hydroxylation is 1. The number of sulfonamides is 1. The van der Waals surface area contributed by atoms with Gasteiger partial charge in [0.25, 0.3) is 0 Å². The lowest BCUT2D eigenvalue weighted by atomic mass is 9.98. The van der Waals surface area contributed by atoms with Crippen molar-refractivity contribution >= 4 is 66.4 Å². The van der Waals surface area contributed by atoms with Gasteiger partial charge < -0.3 is 9.88 Å². The molecule has 1 aliphatic heterocycles. The van der Waals surface area contributed by atoms with Crippen molar-refractivity contribution in [2.45, 2.75) is 18.6 Å². The molecule has 11 heteroatoms. The van der Waals surface area contributed by atoms with Crippen LogP contribution in [0.25, 0.3) is 10.2 Å². The molecule has 2 aromatic carbocycles. The number of nitrogens with one attached hydrogen (secondary N) is 1. The molecule has 170 valence electrons. The van der Waals surface area contributed by atoms with Crippen molar-refractivity contribution in [3.8, 4) is 0 Å². The molecule has 0 aliphatic carbocycles. The Kier molecular flexibility index (Phi) is 6.65. The van der Waals surface area contributed by atoms with Gasteiger partial charge in [0.15, 0.2) is 0 Å². The van der Waals surface area contributed by atoms with E-state index < -0.39 is 15.9 Å². The summed E-state index contributed by atoms with van der Waals surface area (Å²) in [6.07, 6.45) is 1.17. The fourth-order valence-corrected chi connectivity index (χ4v) is 7.09. The number of halogens is 2. The summed E-state index contributed by atoms with van der Waals surface area (Å²) < 4.78 is 29.7. The van der Waals surface area contributed by atoms with Gasteiger partial charge in [0.1, 0.15) is 0 Å². The van der Waals surface area contributed by atoms with Crippen molar-refractivity contribution in [1.82, 2.24) is 8.87 Å². The minimum atomic E-state index is -3.70. The van der Waals surface area contributed by atoms with Crippen molar-refractivity contribution in [2.75, 3.05) is 18.4 Å². The molecule has 1 N–H and O–H groups in total. The zero-order valence-corrected chi connectivity index (χ0v) is 20.3. The smallest absolute Gasteiger partial charge is 0.307 e. The molecular formula is C21H21Cl2N3O4S2. The van der Waals surface area contributed by atoms with Crippen molar-refractivity contribution in [3.63, 3.8) is 0 Å². The van der Waals surface area contributed by atoms with Gasteiger partial charge in [0.2, 0.25) is 15.9 Å². The first-order valence-corrected chi connectivity index (χ1v) is 13.1. The Balaban J connectivity index is 1.47. The number of carbonyl (C=O) groups excluding carboxylic acids is 1. The van der Waals surface area contributed by atoms with Gasteiger partial charge in [-0.2, -0.15) is 0 Å². The maximum atomic E-state index is 13.0. The molecule has 1 saturated heterocycles. The van der Waals surface area contributed by atoms with Crippen LogP contribution in [0.5, 0.6) is 0 Å². The largest absolute Gasteiger partial charge is 0.326 e. The van der Waals surface area contributed by atoms with E-state index in [0.29, 0.717) is 40.7 Å². The van der Waals surface area contributed by atoms with E-state index in [4.69, 9.17) is 23.2 Å². The minimum absolute atomic E-state index is 0.0739. The number of aromatic nitrogens is 1. The molecule has 2 heterocycles. The molecule has 1 amide bonds. The predicted molar refractivity (Wildman–Crippen MR) is 129 cm³/mol. The average Bonchev–Trinajstić information content (AvgIpc) is 3.04. The fourth-order valence-electron chi connectivity index (χ4n) is 3.81. The number of anilines is 1. The van der Waals surface area contributed by atoms with E-state index in [9.17, 15) is 18.0 Å². The van der Waals surface area contributed by atoms with Crippen LogP contribution in [0.1, 0.15) is 18.4 Å². The number of hydrogen-bond donors (Lipinski definition) is 1. The van der Waals surface area contributed by atoms with Crippen LogP contribution >= 0.6 is 34.5 Å². The van der Waals surface area contributed by atoms with Gasteiger partial charge in [-0.15, -0.1) is 0 Å². The number of rotatable bonds is 5. The highest BCUT2D eigenvalue weighted by molar-refractivity contribution is 7.88. The molecule has 7 nitrogen and oxygen atoms in total. The van der Waals surface area contributed by atoms with Crippen LogP contribution in [-0.4, -0.2) is 36.3 Å². The molecule has 32 heavy (non-hydrogen) atoms. The Morgan fingerprint density at radius 3 is 2.66 bits per heavy atom. The monoisotopic (exact) mass is 513 g/mol. The number of carbonyl (C=O) groups is 1. The molecule has 1 aliphatic rings. The van der Waals surface area contributed by atoms with Gasteiger partial charge in [0, 0.05) is 41.4 Å². The third-order valence-corrected chi connectivity index (χ3v) is 9.07. The zero-order valence-electron chi connectivity index (χ0n) is 17.2. The topological polar surface area (TPSA) is 88.5 Å². The summed E-state index contributed by atoms with van der Waals surface area (Å²) in [5, 5.41) is 3.46. The van der Waals surface area contributed by atoms with E-state index in [-0.39, 0.29) is 23.1 Å². The lowest BCUT2D eigenvalue weighted by Gasteiger charge is -2.31. The number of hydrogen-bond acceptors (Lipinski definition) is 5. The van der Waals surface area contributed by atoms with Crippen molar-refractivity contribution < 1.29 is 13.2 Å². The Hall–Kier alpha value is -1.91. The number of piperidine rings is 1. The SMILES string of the molecule is Cn1c(=O)sc2cc(NC(=O)[C@@H]3CCCN(S(=O)(=O)Cc4c(Cl)cccc4Cl)C3)ccc21. The third kappa shape index (κ3) is 4.72. The highest BCUT2D eigenvalue weighted by Gasteiger charge is 2.33. The van der Waals surface area contributed by atoms with Crippen molar-refractivity contribution in [3.05, 3.63) is 61.7 Å². The van der Waals surface area contributed by atoms with Crippen LogP contribution in [0.3, 0.4) is 0 Å². The third-order valence-electron chi connectivity index (χ3n) is 5.60. The van der Waals surface area contributed by atoms with Crippen LogP contribution in [0.4, 0.5) is 5.69 Å². The normalized spacial score (nSPS) is 17.5. The van der Waals surface area contributed by atoms with Gasteiger partial charge in [0.05, 0.1) is 21.9 Å². The zero-order chi connectivity index (χ0) is 23.0. The number of thiazole rings is 1. The Morgan fingerprint density at radius 2 is 1.94 bits per heavy atom. The highest BCUT2D eigenvalue weighted by atomic mass is 35.5. The molecule has 0 bridgehead atoms. The van der Waals surface area contributed by atoms with Crippen LogP contribution in [-0.2, 0) is 27.6 Å². The first-order chi connectivity index (χ1) is 15.2. The van der Waals surface area contributed by atoms with Crippen molar-refractivity contribution in [2.24, 2.45) is 13.0 Å². The first-order valence-electron chi connectivity index (χ1n) is 9.97. The second-order valence-electron chi connectivity index (χ2n) is 7.75. The molecule has 4 rings (SSSR count). The second kappa shape index (κ2) is 9.15. The lowest BCUT2D eigenvalue weighted by molar-refractivity contribution is -0.120. The van der Waals surface area contributed by atoms with E-state index in [1.54, 1.807) is 48.0 Å². The summed E-state index contributed by atoms with van der Waals surface area (Å²) in [5.74, 6) is -1.04. The Labute approximate surface area is 199 Å². The Morgan fingerprint density at radius 1 is 1.22 bits per heavy atom. The maximum absolute atomic E-state index is 13.0. The van der Waals surface area contributed by atoms with Gasteiger partial charge in [-0.1, -0.05) is 40.6 Å². The van der Waals surface area contributed by atoms with Gasteiger partial charge in [-0.05, 0) is 43.2 Å². The van der Waals surface area contributed by atoms with E-state index in [2.05, 4.69) is 5.32 Å². The van der Waals surface area contributed by atoms with Gasteiger partial charge >= 0.3 is 4.87 Å². The number of amides is 1. The number of fused-ring (bicyclic) bond motifs is 1. The Bertz CT molecular complexity index is 1330. The van der Waals surface area contributed by atoms with E-state index in [0.717, 1.165) is 21.6 Å². The quantitative estimate of drug-likeness (QED) is 0.556. The highest BCUT2D eigenvalue weighted by Crippen LogP contribution is 2.29. The molecule has 0 unspecified atom stereocenters. The summed E-state index contributed by atoms with van der Waals surface area (Å²) >= 11 is 13.4. The van der Waals surface area contributed by atoms with Crippen LogP contribution in [0.2, 0.25) is 10.0 Å². The molecule has 1 aromatic heterocycles. The van der Waals surface area contributed by atoms with E-state index >= 15 is 0 Å². The molecule has 0 radical (unpaired) electrons. The average molecular weight is 514 g/mol. The van der Waals surface area contributed by atoms with E-state index in [1.165, 1.54) is 4.31 Å². The standard InChI is InChI=1S/C21H21Cl2N3O4S2/c1-25-18-8-7-14(10-19(18)31-21(25)28)24-20(27)13-4-3-9-26(11-13)32(29,30)12-15-16(22)5-2-6-17(15)23/h2,5-8,10,13H,3-4,9,11-12H2,1H3,(H,24,27)/t13-/m1/s1. The second-order valence-corrected chi connectivity index (χ2v) is 11.5. The molecule has 1 atom stereocenters. The van der Waals surface area contributed by atoms with Crippen LogP contribution in [0, 0.1) is 5.92 Å². The lowest BCUT2D eigenvalue weighted by Crippen LogP contribution is -2.44. The number of nitrogens with zero attached hydrogens (tertiary/aromatic N) is 2. The number of benzene rings is 2. The summed E-state index contributed by atoms with van der Waals surface area (Å²) in [6, 6.07) is 10.1. The fraction of sp³-hybridized carbons (Fsp3) is 0.333. The van der Waals surface area contributed by atoms with Crippen LogP contribution < -0.4 is 10.2 Å². The minimum Gasteiger partial charge on any atom is -0.326 e. The van der Waals surface area contributed by atoms with Gasteiger partial charge in [-0.3, -0.25) is 9.59 Å². The summed E-state index contributed by atoms with van der Waals surface area (Å²) in [6.45, 7) is 0.440. The molecule has 0 saturated carbocycles.